The van der Waals surface area contributed by atoms with Gasteiger partial charge in [0.25, 0.3) is 0 Å². The van der Waals surface area contributed by atoms with E-state index >= 15 is 0 Å². The predicted octanol–water partition coefficient (Wildman–Crippen LogP) is 2.05. The molecule has 2 heteroatoms. The van der Waals surface area contributed by atoms with E-state index in [-0.39, 0.29) is 5.78 Å². The van der Waals surface area contributed by atoms with Crippen molar-refractivity contribution in [2.24, 2.45) is 5.41 Å². The van der Waals surface area contributed by atoms with Gasteiger partial charge in [-0.15, -0.1) is 12.3 Å². The van der Waals surface area contributed by atoms with Crippen LogP contribution >= 0.6 is 0 Å². The number of carbonyl (C=O) groups excluding carboxylic acids is 1. The van der Waals surface area contributed by atoms with E-state index in [1.807, 2.05) is 0 Å². The number of nitriles is 1. The van der Waals surface area contributed by atoms with Crippen molar-refractivity contribution in [1.82, 2.24) is 0 Å². The van der Waals surface area contributed by atoms with Gasteiger partial charge in [-0.2, -0.15) is 5.26 Å². The summed E-state index contributed by atoms with van der Waals surface area (Å²) >= 11 is 0. The maximum Gasteiger partial charge on any atom is 0.153 e. The van der Waals surface area contributed by atoms with E-state index in [2.05, 4.69) is 12.0 Å². The zero-order valence-corrected chi connectivity index (χ0v) is 7.68. The lowest BCUT2D eigenvalue weighted by molar-refractivity contribution is -0.128. The molecule has 1 atom stereocenters. The Bertz CT molecular complexity index is 281. The molecule has 0 aromatic rings. The molecule has 1 fully saturated rings. The highest BCUT2D eigenvalue weighted by molar-refractivity contribution is 5.88. The molecule has 1 aliphatic carbocycles. The van der Waals surface area contributed by atoms with Gasteiger partial charge in [0.2, 0.25) is 0 Å². The van der Waals surface area contributed by atoms with E-state index < -0.39 is 5.41 Å². The Morgan fingerprint density at radius 1 is 1.54 bits per heavy atom. The van der Waals surface area contributed by atoms with Crippen molar-refractivity contribution in [2.45, 2.75) is 38.5 Å². The minimum atomic E-state index is -0.745. The average molecular weight is 175 g/mol. The maximum absolute atomic E-state index is 11.6. The molecule has 0 heterocycles. The van der Waals surface area contributed by atoms with Gasteiger partial charge in [0, 0.05) is 12.8 Å². The highest BCUT2D eigenvalue weighted by Gasteiger charge is 2.39. The van der Waals surface area contributed by atoms with Crippen LogP contribution in [0.4, 0.5) is 0 Å². The van der Waals surface area contributed by atoms with Crippen molar-refractivity contribution in [2.75, 3.05) is 0 Å². The molecule has 0 aromatic carbocycles. The second kappa shape index (κ2) is 4.10. The van der Waals surface area contributed by atoms with Crippen molar-refractivity contribution in [1.29, 1.82) is 5.26 Å². The highest BCUT2D eigenvalue weighted by Crippen LogP contribution is 2.36. The largest absolute Gasteiger partial charge is 0.298 e. The third-order valence-electron chi connectivity index (χ3n) is 2.70. The van der Waals surface area contributed by atoms with Crippen LogP contribution in [0.15, 0.2) is 0 Å². The van der Waals surface area contributed by atoms with E-state index in [0.29, 0.717) is 25.7 Å². The lowest BCUT2D eigenvalue weighted by Gasteiger charge is -2.28. The Balaban J connectivity index is 2.73. The van der Waals surface area contributed by atoms with Crippen LogP contribution in [0.1, 0.15) is 38.5 Å². The Morgan fingerprint density at radius 3 is 2.85 bits per heavy atom. The topological polar surface area (TPSA) is 40.9 Å². The zero-order valence-electron chi connectivity index (χ0n) is 7.68. The van der Waals surface area contributed by atoms with Gasteiger partial charge in [0.05, 0.1) is 6.07 Å². The maximum atomic E-state index is 11.6. The highest BCUT2D eigenvalue weighted by atomic mass is 16.1. The van der Waals surface area contributed by atoms with E-state index in [4.69, 9.17) is 11.7 Å². The molecule has 0 radical (unpaired) electrons. The van der Waals surface area contributed by atoms with Crippen LogP contribution < -0.4 is 0 Å². The smallest absolute Gasteiger partial charge is 0.153 e. The number of terminal acetylenes is 1. The number of hydrogen-bond acceptors (Lipinski definition) is 2. The van der Waals surface area contributed by atoms with Gasteiger partial charge >= 0.3 is 0 Å². The van der Waals surface area contributed by atoms with Crippen molar-refractivity contribution in [3.05, 3.63) is 0 Å². The van der Waals surface area contributed by atoms with Crippen LogP contribution in [-0.2, 0) is 4.79 Å². The van der Waals surface area contributed by atoms with Gasteiger partial charge in [-0.1, -0.05) is 6.42 Å². The molecule has 1 unspecified atom stereocenters. The SMILES string of the molecule is C#CCCC1(C#N)CCCCC1=O. The summed E-state index contributed by atoms with van der Waals surface area (Å²) in [5.41, 5.74) is -0.745. The molecule has 0 spiro atoms. The van der Waals surface area contributed by atoms with Gasteiger partial charge in [0.1, 0.15) is 5.41 Å². The minimum absolute atomic E-state index is 0.0940. The van der Waals surface area contributed by atoms with Gasteiger partial charge in [-0.05, 0) is 19.3 Å². The lowest BCUT2D eigenvalue weighted by Crippen LogP contribution is -2.32. The van der Waals surface area contributed by atoms with Gasteiger partial charge < -0.3 is 0 Å². The predicted molar refractivity (Wildman–Crippen MR) is 49.6 cm³/mol. The Hall–Kier alpha value is -1.28. The normalized spacial score (nSPS) is 27.7. The van der Waals surface area contributed by atoms with Crippen LogP contribution in [0.3, 0.4) is 0 Å². The third-order valence-corrected chi connectivity index (χ3v) is 2.70. The van der Waals surface area contributed by atoms with Crippen LogP contribution in [0.2, 0.25) is 0 Å². The first-order chi connectivity index (χ1) is 6.25. The molecule has 0 aliphatic heterocycles. The fourth-order valence-corrected chi connectivity index (χ4v) is 1.82. The Labute approximate surface area is 78.9 Å². The number of carbonyl (C=O) groups is 1. The summed E-state index contributed by atoms with van der Waals surface area (Å²) in [5, 5.41) is 9.00. The van der Waals surface area contributed by atoms with E-state index in [9.17, 15) is 4.79 Å². The molecule has 2 nitrogen and oxygen atoms in total. The molecule has 13 heavy (non-hydrogen) atoms. The Morgan fingerprint density at radius 2 is 2.31 bits per heavy atom. The minimum Gasteiger partial charge on any atom is -0.298 e. The molecule has 0 saturated heterocycles. The summed E-state index contributed by atoms with van der Waals surface area (Å²) in [5.74, 6) is 2.59. The first-order valence-corrected chi connectivity index (χ1v) is 4.63. The fraction of sp³-hybridized carbons (Fsp3) is 0.636. The molecule has 0 amide bonds. The molecule has 1 saturated carbocycles. The fourth-order valence-electron chi connectivity index (χ4n) is 1.82. The van der Waals surface area contributed by atoms with E-state index in [1.54, 1.807) is 0 Å². The molecule has 1 aliphatic rings. The molecule has 0 N–H and O–H groups in total. The molecule has 68 valence electrons. The van der Waals surface area contributed by atoms with E-state index in [0.717, 1.165) is 12.8 Å². The number of ketones is 1. The van der Waals surface area contributed by atoms with Crippen molar-refractivity contribution in [3.63, 3.8) is 0 Å². The number of rotatable bonds is 2. The summed E-state index contributed by atoms with van der Waals surface area (Å²) in [7, 11) is 0. The van der Waals surface area contributed by atoms with Crippen LogP contribution in [0.25, 0.3) is 0 Å². The lowest BCUT2D eigenvalue weighted by atomic mass is 9.71. The summed E-state index contributed by atoms with van der Waals surface area (Å²) in [6.45, 7) is 0. The van der Waals surface area contributed by atoms with Crippen molar-refractivity contribution in [3.8, 4) is 18.4 Å². The molecule has 1 rings (SSSR count). The van der Waals surface area contributed by atoms with Crippen molar-refractivity contribution < 1.29 is 4.79 Å². The summed E-state index contributed by atoms with van der Waals surface area (Å²) in [6.07, 6.45) is 9.36. The number of nitrogens with zero attached hydrogens (tertiary/aromatic N) is 1. The standard InChI is InChI=1S/C11H13NO/c1-2-3-7-11(9-12)8-5-4-6-10(11)13/h1H,3-8H2. The quantitative estimate of drug-likeness (QED) is 0.603. The summed E-state index contributed by atoms with van der Waals surface area (Å²) < 4.78 is 0. The monoisotopic (exact) mass is 175 g/mol. The molecular formula is C11H13NO. The second-order valence-corrected chi connectivity index (χ2v) is 3.53. The van der Waals surface area contributed by atoms with Crippen LogP contribution in [-0.4, -0.2) is 5.78 Å². The van der Waals surface area contributed by atoms with Crippen LogP contribution in [0, 0.1) is 29.1 Å². The van der Waals surface area contributed by atoms with E-state index in [1.165, 1.54) is 0 Å². The van der Waals surface area contributed by atoms with Gasteiger partial charge in [-0.3, -0.25) is 4.79 Å². The summed E-state index contributed by atoms with van der Waals surface area (Å²) in [4.78, 5) is 11.6. The first-order valence-electron chi connectivity index (χ1n) is 4.63. The number of hydrogen-bond donors (Lipinski definition) is 0. The van der Waals surface area contributed by atoms with Crippen molar-refractivity contribution >= 4 is 5.78 Å². The third kappa shape index (κ3) is 1.90. The Kier molecular flexibility index (Phi) is 3.09. The molecule has 0 aromatic heterocycles. The van der Waals surface area contributed by atoms with Gasteiger partial charge in [0.15, 0.2) is 5.78 Å². The second-order valence-electron chi connectivity index (χ2n) is 3.53. The molecular weight excluding hydrogens is 162 g/mol. The summed E-state index contributed by atoms with van der Waals surface area (Å²) in [6, 6.07) is 2.16. The molecule has 0 bridgehead atoms. The van der Waals surface area contributed by atoms with Crippen LogP contribution in [0.5, 0.6) is 0 Å². The van der Waals surface area contributed by atoms with Gasteiger partial charge in [-0.25, -0.2) is 0 Å². The average Bonchev–Trinajstić information content (AvgIpc) is 2.17. The zero-order chi connectivity index (χ0) is 9.73. The number of Topliss-reactive ketones (excluding diaryl/α,β-unsaturated/α-hetero) is 1. The first kappa shape index (κ1) is 9.81.